The smallest absolute Gasteiger partial charge is 0.0985 e. The molecular formula is C9H15BrFN. The summed E-state index contributed by atoms with van der Waals surface area (Å²) in [5.74, 6) is 0. The van der Waals surface area contributed by atoms with Crippen LogP contribution in [-0.2, 0) is 0 Å². The van der Waals surface area contributed by atoms with E-state index >= 15 is 0 Å². The van der Waals surface area contributed by atoms with Crippen LogP contribution >= 0.6 is 15.9 Å². The molecule has 0 fully saturated rings. The normalized spacial score (nSPS) is 22.1. The Bertz CT molecular complexity index is 168. The standard InChI is InChI=1S/C9H15BrFN/c1-8(11)4-6-12-5-2-3-9(10)7-12/h3,8H,2,4-7H2,1H3. The zero-order valence-electron chi connectivity index (χ0n) is 7.39. The van der Waals surface area contributed by atoms with Gasteiger partial charge in [0.2, 0.25) is 0 Å². The van der Waals surface area contributed by atoms with Crippen molar-refractivity contribution in [2.24, 2.45) is 0 Å². The molecule has 1 nitrogen and oxygen atoms in total. The molecule has 0 saturated heterocycles. The van der Waals surface area contributed by atoms with E-state index < -0.39 is 6.17 Å². The van der Waals surface area contributed by atoms with Crippen LogP contribution in [-0.4, -0.2) is 30.7 Å². The van der Waals surface area contributed by atoms with E-state index in [1.807, 2.05) is 0 Å². The second kappa shape index (κ2) is 4.97. The van der Waals surface area contributed by atoms with Gasteiger partial charge >= 0.3 is 0 Å². The summed E-state index contributed by atoms with van der Waals surface area (Å²) in [4.78, 5) is 2.28. The van der Waals surface area contributed by atoms with Gasteiger partial charge in [-0.1, -0.05) is 22.0 Å². The molecule has 0 saturated carbocycles. The highest BCUT2D eigenvalue weighted by atomic mass is 79.9. The van der Waals surface area contributed by atoms with Gasteiger partial charge in [-0.3, -0.25) is 4.90 Å². The van der Waals surface area contributed by atoms with Gasteiger partial charge in [0, 0.05) is 24.1 Å². The monoisotopic (exact) mass is 235 g/mol. The SMILES string of the molecule is CC(F)CCN1CCC=C(Br)C1. The fourth-order valence-corrected chi connectivity index (χ4v) is 1.90. The predicted octanol–water partition coefficient (Wildman–Crippen LogP) is 2.72. The van der Waals surface area contributed by atoms with Crippen LogP contribution in [0.25, 0.3) is 0 Å². The molecule has 0 amide bonds. The molecule has 0 aromatic rings. The van der Waals surface area contributed by atoms with E-state index in [0.717, 1.165) is 26.1 Å². The quantitative estimate of drug-likeness (QED) is 0.728. The lowest BCUT2D eigenvalue weighted by atomic mass is 10.2. The fourth-order valence-electron chi connectivity index (χ4n) is 1.31. The van der Waals surface area contributed by atoms with Crippen molar-refractivity contribution in [3.05, 3.63) is 10.6 Å². The molecule has 0 aromatic heterocycles. The maximum Gasteiger partial charge on any atom is 0.0985 e. The molecule has 1 heterocycles. The van der Waals surface area contributed by atoms with E-state index in [9.17, 15) is 4.39 Å². The van der Waals surface area contributed by atoms with E-state index in [1.165, 1.54) is 4.48 Å². The van der Waals surface area contributed by atoms with Gasteiger partial charge < -0.3 is 0 Å². The number of hydrogen-bond acceptors (Lipinski definition) is 1. The molecule has 1 aliphatic rings. The minimum Gasteiger partial charge on any atom is -0.298 e. The molecule has 12 heavy (non-hydrogen) atoms. The van der Waals surface area contributed by atoms with Crippen LogP contribution in [0.4, 0.5) is 4.39 Å². The zero-order chi connectivity index (χ0) is 8.97. The van der Waals surface area contributed by atoms with Gasteiger partial charge in [-0.2, -0.15) is 0 Å². The minimum atomic E-state index is -0.672. The first-order valence-electron chi connectivity index (χ1n) is 4.39. The van der Waals surface area contributed by atoms with Crippen LogP contribution in [0.15, 0.2) is 10.6 Å². The molecule has 1 rings (SSSR count). The lowest BCUT2D eigenvalue weighted by molar-refractivity contribution is 0.245. The van der Waals surface area contributed by atoms with Crippen molar-refractivity contribution >= 4 is 15.9 Å². The van der Waals surface area contributed by atoms with Crippen molar-refractivity contribution in [1.29, 1.82) is 0 Å². The third kappa shape index (κ3) is 3.68. The molecule has 1 atom stereocenters. The molecule has 0 radical (unpaired) electrons. The highest BCUT2D eigenvalue weighted by Crippen LogP contribution is 2.15. The lowest BCUT2D eigenvalue weighted by Gasteiger charge is -2.25. The van der Waals surface area contributed by atoms with Crippen LogP contribution in [0.2, 0.25) is 0 Å². The molecule has 1 unspecified atom stereocenters. The Morgan fingerprint density at radius 1 is 1.75 bits per heavy atom. The summed E-state index contributed by atoms with van der Waals surface area (Å²) < 4.78 is 13.7. The number of alkyl halides is 1. The Balaban J connectivity index is 2.21. The van der Waals surface area contributed by atoms with Crippen molar-refractivity contribution in [3.8, 4) is 0 Å². The van der Waals surface area contributed by atoms with Gasteiger partial charge in [-0.25, -0.2) is 4.39 Å². The second-order valence-electron chi connectivity index (χ2n) is 3.29. The van der Waals surface area contributed by atoms with E-state index in [-0.39, 0.29) is 0 Å². The first kappa shape index (κ1) is 10.2. The largest absolute Gasteiger partial charge is 0.298 e. The van der Waals surface area contributed by atoms with E-state index in [4.69, 9.17) is 0 Å². The van der Waals surface area contributed by atoms with Gasteiger partial charge in [0.1, 0.15) is 0 Å². The van der Waals surface area contributed by atoms with Crippen LogP contribution in [0.1, 0.15) is 19.8 Å². The molecule has 0 aromatic carbocycles. The molecule has 0 aliphatic carbocycles. The average Bonchev–Trinajstić information content (AvgIpc) is 2.01. The third-order valence-electron chi connectivity index (χ3n) is 2.03. The maximum absolute atomic E-state index is 12.5. The van der Waals surface area contributed by atoms with Crippen molar-refractivity contribution in [3.63, 3.8) is 0 Å². The van der Waals surface area contributed by atoms with Gasteiger partial charge in [-0.15, -0.1) is 0 Å². The Hall–Kier alpha value is 0.110. The van der Waals surface area contributed by atoms with Gasteiger partial charge in [0.15, 0.2) is 0 Å². The van der Waals surface area contributed by atoms with E-state index in [0.29, 0.717) is 6.42 Å². The molecule has 70 valence electrons. The van der Waals surface area contributed by atoms with Gasteiger partial charge in [0.05, 0.1) is 6.17 Å². The molecule has 0 N–H and O–H groups in total. The first-order valence-corrected chi connectivity index (χ1v) is 5.18. The van der Waals surface area contributed by atoms with Crippen molar-refractivity contribution in [1.82, 2.24) is 4.90 Å². The summed E-state index contributed by atoms with van der Waals surface area (Å²) in [5, 5.41) is 0. The van der Waals surface area contributed by atoms with E-state index in [2.05, 4.69) is 26.9 Å². The average molecular weight is 236 g/mol. The van der Waals surface area contributed by atoms with Crippen LogP contribution in [0.5, 0.6) is 0 Å². The number of halogens is 2. The number of rotatable bonds is 3. The van der Waals surface area contributed by atoms with Crippen LogP contribution in [0.3, 0.4) is 0 Å². The maximum atomic E-state index is 12.5. The summed E-state index contributed by atoms with van der Waals surface area (Å²) >= 11 is 3.46. The number of nitrogens with zero attached hydrogens (tertiary/aromatic N) is 1. The van der Waals surface area contributed by atoms with Gasteiger partial charge in [0.25, 0.3) is 0 Å². The topological polar surface area (TPSA) is 3.24 Å². The molecule has 3 heteroatoms. The fraction of sp³-hybridized carbons (Fsp3) is 0.778. The van der Waals surface area contributed by atoms with Crippen LogP contribution in [0, 0.1) is 0 Å². The van der Waals surface area contributed by atoms with Crippen LogP contribution < -0.4 is 0 Å². The number of hydrogen-bond donors (Lipinski definition) is 0. The summed E-state index contributed by atoms with van der Waals surface area (Å²) in [6.07, 6.45) is 3.26. The predicted molar refractivity (Wildman–Crippen MR) is 53.3 cm³/mol. The van der Waals surface area contributed by atoms with Crippen molar-refractivity contribution < 1.29 is 4.39 Å². The molecule has 0 bridgehead atoms. The lowest BCUT2D eigenvalue weighted by Crippen LogP contribution is -2.30. The first-order chi connectivity index (χ1) is 5.68. The molecule has 0 spiro atoms. The van der Waals surface area contributed by atoms with Gasteiger partial charge in [-0.05, 0) is 19.8 Å². The summed E-state index contributed by atoms with van der Waals surface area (Å²) in [5.41, 5.74) is 0. The Kier molecular flexibility index (Phi) is 4.22. The highest BCUT2D eigenvalue weighted by Gasteiger charge is 2.11. The van der Waals surface area contributed by atoms with Crippen molar-refractivity contribution in [2.45, 2.75) is 25.9 Å². The second-order valence-corrected chi connectivity index (χ2v) is 4.30. The third-order valence-corrected chi connectivity index (χ3v) is 2.60. The summed E-state index contributed by atoms with van der Waals surface area (Å²) in [6.45, 7) is 4.52. The summed E-state index contributed by atoms with van der Waals surface area (Å²) in [7, 11) is 0. The Morgan fingerprint density at radius 2 is 2.50 bits per heavy atom. The molecular weight excluding hydrogens is 221 g/mol. The zero-order valence-corrected chi connectivity index (χ0v) is 8.98. The highest BCUT2D eigenvalue weighted by molar-refractivity contribution is 9.11. The molecule has 1 aliphatic heterocycles. The summed E-state index contributed by atoms with van der Waals surface area (Å²) in [6, 6.07) is 0. The van der Waals surface area contributed by atoms with E-state index in [1.54, 1.807) is 6.92 Å². The Labute approximate surface area is 81.8 Å². The minimum absolute atomic E-state index is 0.653. The Morgan fingerprint density at radius 3 is 3.08 bits per heavy atom. The van der Waals surface area contributed by atoms with Crippen molar-refractivity contribution in [2.75, 3.05) is 19.6 Å².